The second-order valence-corrected chi connectivity index (χ2v) is 16.8. The van der Waals surface area contributed by atoms with Crippen LogP contribution in [0.3, 0.4) is 0 Å². The lowest BCUT2D eigenvalue weighted by Crippen LogP contribution is -2.30. The molecule has 1 atom stereocenters. The van der Waals surface area contributed by atoms with Crippen LogP contribution in [-0.2, 0) is 10.8 Å². The summed E-state index contributed by atoms with van der Waals surface area (Å²) < 4.78 is 0. The van der Waals surface area contributed by atoms with Crippen LogP contribution >= 0.6 is 0 Å². The summed E-state index contributed by atoms with van der Waals surface area (Å²) in [5.41, 5.74) is 21.8. The van der Waals surface area contributed by atoms with E-state index in [1.165, 1.54) is 66.8 Å². The minimum absolute atomic E-state index is 0.114. The molecule has 3 nitrogen and oxygen atoms in total. The molecule has 9 aromatic rings. The van der Waals surface area contributed by atoms with Gasteiger partial charge in [-0.05, 0) is 108 Å². The van der Waals surface area contributed by atoms with Crippen LogP contribution in [0, 0.1) is 0 Å². The molecule has 3 heteroatoms. The first-order valence-electron chi connectivity index (χ1n) is 20.7. The zero-order chi connectivity index (χ0) is 40.0. The van der Waals surface area contributed by atoms with Gasteiger partial charge in [0.15, 0.2) is 5.82 Å². The Morgan fingerprint density at radius 1 is 0.367 bits per heavy atom. The zero-order valence-corrected chi connectivity index (χ0v) is 33.4. The summed E-state index contributed by atoms with van der Waals surface area (Å²) in [5, 5.41) is 0. The van der Waals surface area contributed by atoms with E-state index in [1.807, 2.05) is 18.3 Å². The lowest BCUT2D eigenvalue weighted by atomic mass is 9.65. The molecular weight excluding hydrogens is 727 g/mol. The van der Waals surface area contributed by atoms with E-state index in [0.717, 1.165) is 39.2 Å². The van der Waals surface area contributed by atoms with Crippen LogP contribution < -0.4 is 0 Å². The fraction of sp³-hybridized carbons (Fsp3) is 0.0702. The van der Waals surface area contributed by atoms with Gasteiger partial charge < -0.3 is 0 Å². The summed E-state index contributed by atoms with van der Waals surface area (Å²) in [6.07, 6.45) is 8.31. The fourth-order valence-corrected chi connectivity index (χ4v) is 10.4. The first-order valence-corrected chi connectivity index (χ1v) is 20.7. The standard InChI is InChI=1S/C57H39N3/c1-56(2)48-20-10-7-17-43(48)45-33-52-46(32-51(45)56)44-18-8-11-21-49(44)57(52)47-19-9-6-13-37(47)24-25-38-26-29-41(31-50(38)57)55-59-53(39-14-4-3-5-15-39)34-54(60-55)40-27-22-36(23-28-40)42-16-12-30-58-35-42/h3-35H,1-2H3. The Bertz CT molecular complexity index is 3220. The van der Waals surface area contributed by atoms with Crippen LogP contribution in [0.15, 0.2) is 188 Å². The van der Waals surface area contributed by atoms with Gasteiger partial charge in [0.25, 0.3) is 0 Å². The highest BCUT2D eigenvalue weighted by molar-refractivity contribution is 5.95. The zero-order valence-electron chi connectivity index (χ0n) is 33.4. The summed E-state index contributed by atoms with van der Waals surface area (Å²) in [7, 11) is 0. The SMILES string of the molecule is CC1(C)c2ccccc2-c2cc3c(cc21)-c1ccccc1C31c2ccccc2C=Cc2ccc(-c3nc(-c4ccccc4)cc(-c4ccc(-c5cccnc5)cc4)n3)cc21. The Hall–Kier alpha value is -7.49. The van der Waals surface area contributed by atoms with Crippen molar-refractivity contribution in [1.82, 2.24) is 15.0 Å². The minimum Gasteiger partial charge on any atom is -0.264 e. The van der Waals surface area contributed by atoms with Gasteiger partial charge in [-0.3, -0.25) is 4.98 Å². The Labute approximate surface area is 350 Å². The molecule has 1 spiro atoms. The minimum atomic E-state index is -0.601. The molecular formula is C57H39N3. The number of fused-ring (bicyclic) bond motifs is 12. The average Bonchev–Trinajstić information content (AvgIpc) is 3.66. The van der Waals surface area contributed by atoms with Crippen LogP contribution in [-0.4, -0.2) is 15.0 Å². The number of hydrogen-bond acceptors (Lipinski definition) is 3. The molecule has 60 heavy (non-hydrogen) atoms. The van der Waals surface area contributed by atoms with Crippen LogP contribution in [0.5, 0.6) is 0 Å². The van der Waals surface area contributed by atoms with E-state index in [0.29, 0.717) is 5.82 Å². The molecule has 0 radical (unpaired) electrons. The number of benzene rings is 7. The van der Waals surface area contributed by atoms with Crippen molar-refractivity contribution in [1.29, 1.82) is 0 Å². The van der Waals surface area contributed by atoms with Gasteiger partial charge in [-0.15, -0.1) is 0 Å². The Morgan fingerprint density at radius 3 is 1.68 bits per heavy atom. The van der Waals surface area contributed by atoms with Crippen molar-refractivity contribution >= 4 is 12.2 Å². The quantitative estimate of drug-likeness (QED) is 0.179. The molecule has 0 aliphatic heterocycles. The van der Waals surface area contributed by atoms with Crippen molar-refractivity contribution in [3.63, 3.8) is 0 Å². The molecule has 1 unspecified atom stereocenters. The normalized spacial score (nSPS) is 16.0. The molecule has 0 fully saturated rings. The third-order valence-corrected chi connectivity index (χ3v) is 13.2. The predicted molar refractivity (Wildman–Crippen MR) is 245 cm³/mol. The molecule has 7 aromatic carbocycles. The van der Waals surface area contributed by atoms with Gasteiger partial charge in [-0.2, -0.15) is 0 Å². The molecule has 3 aliphatic carbocycles. The number of rotatable bonds is 4. The predicted octanol–water partition coefficient (Wildman–Crippen LogP) is 13.7. The highest BCUT2D eigenvalue weighted by Crippen LogP contribution is 2.61. The van der Waals surface area contributed by atoms with E-state index >= 15 is 0 Å². The van der Waals surface area contributed by atoms with Crippen LogP contribution in [0.1, 0.15) is 58.4 Å². The number of pyridine rings is 1. The van der Waals surface area contributed by atoms with E-state index in [4.69, 9.17) is 9.97 Å². The Morgan fingerprint density at radius 2 is 0.933 bits per heavy atom. The van der Waals surface area contributed by atoms with E-state index in [1.54, 1.807) is 6.20 Å². The summed E-state index contributed by atoms with van der Waals surface area (Å²) in [4.78, 5) is 15.0. The van der Waals surface area contributed by atoms with Gasteiger partial charge in [0.1, 0.15) is 0 Å². The van der Waals surface area contributed by atoms with Crippen LogP contribution in [0.2, 0.25) is 0 Å². The highest BCUT2D eigenvalue weighted by Gasteiger charge is 2.50. The van der Waals surface area contributed by atoms with Crippen LogP contribution in [0.4, 0.5) is 0 Å². The first kappa shape index (κ1) is 34.5. The van der Waals surface area contributed by atoms with Crippen molar-refractivity contribution in [2.75, 3.05) is 0 Å². The molecule has 3 aliphatic rings. The second-order valence-electron chi connectivity index (χ2n) is 16.8. The maximum atomic E-state index is 5.37. The Kier molecular flexibility index (Phi) is 7.49. The number of hydrogen-bond donors (Lipinski definition) is 0. The molecule has 2 aromatic heterocycles. The molecule has 0 bridgehead atoms. The van der Waals surface area contributed by atoms with Gasteiger partial charge in [0.2, 0.25) is 0 Å². The molecule has 282 valence electrons. The van der Waals surface area contributed by atoms with Crippen molar-refractivity contribution in [3.05, 3.63) is 233 Å². The number of nitrogens with zero attached hydrogens (tertiary/aromatic N) is 3. The fourth-order valence-electron chi connectivity index (χ4n) is 10.4. The van der Waals surface area contributed by atoms with Gasteiger partial charge in [-0.1, -0.05) is 172 Å². The first-order chi connectivity index (χ1) is 29.5. The third kappa shape index (κ3) is 4.99. The molecule has 0 saturated heterocycles. The van der Waals surface area contributed by atoms with Gasteiger partial charge in [-0.25, -0.2) is 9.97 Å². The second kappa shape index (κ2) is 13.0. The van der Waals surface area contributed by atoms with Crippen molar-refractivity contribution in [2.45, 2.75) is 24.7 Å². The average molecular weight is 766 g/mol. The molecule has 0 saturated carbocycles. The highest BCUT2D eigenvalue weighted by atomic mass is 14.9. The van der Waals surface area contributed by atoms with Gasteiger partial charge in [0, 0.05) is 34.5 Å². The lowest BCUT2D eigenvalue weighted by Gasteiger charge is -2.36. The van der Waals surface area contributed by atoms with Crippen LogP contribution in [0.25, 0.3) is 79.4 Å². The topological polar surface area (TPSA) is 38.7 Å². The molecule has 0 amide bonds. The van der Waals surface area contributed by atoms with E-state index < -0.39 is 5.41 Å². The van der Waals surface area contributed by atoms with Crippen molar-refractivity contribution in [2.24, 2.45) is 0 Å². The monoisotopic (exact) mass is 765 g/mol. The Balaban J connectivity index is 1.11. The van der Waals surface area contributed by atoms with Crippen molar-refractivity contribution < 1.29 is 0 Å². The summed E-state index contributed by atoms with van der Waals surface area (Å²) in [6, 6.07) is 64.2. The number of aromatic nitrogens is 3. The maximum absolute atomic E-state index is 5.37. The lowest BCUT2D eigenvalue weighted by molar-refractivity contribution is 0.660. The van der Waals surface area contributed by atoms with Gasteiger partial charge >= 0.3 is 0 Å². The maximum Gasteiger partial charge on any atom is 0.160 e. The smallest absolute Gasteiger partial charge is 0.160 e. The van der Waals surface area contributed by atoms with Crippen molar-refractivity contribution in [3.8, 4) is 67.3 Å². The van der Waals surface area contributed by atoms with E-state index in [-0.39, 0.29) is 5.41 Å². The molecule has 2 heterocycles. The summed E-state index contributed by atoms with van der Waals surface area (Å²) in [6.45, 7) is 4.75. The third-order valence-electron chi connectivity index (χ3n) is 13.2. The van der Waals surface area contributed by atoms with Gasteiger partial charge in [0.05, 0.1) is 16.8 Å². The molecule has 12 rings (SSSR count). The largest absolute Gasteiger partial charge is 0.264 e. The molecule has 0 N–H and O–H groups in total. The van der Waals surface area contributed by atoms with E-state index in [9.17, 15) is 0 Å². The van der Waals surface area contributed by atoms with E-state index in [2.05, 4.69) is 195 Å². The summed E-state index contributed by atoms with van der Waals surface area (Å²) in [5.74, 6) is 0.693. The summed E-state index contributed by atoms with van der Waals surface area (Å²) >= 11 is 0.